The molecule has 0 aliphatic carbocycles. The van der Waals surface area contributed by atoms with Crippen molar-refractivity contribution in [2.45, 2.75) is 45.6 Å². The summed E-state index contributed by atoms with van der Waals surface area (Å²) >= 11 is 0. The number of nitrogens with zero attached hydrogens (tertiary/aromatic N) is 2. The minimum Gasteiger partial charge on any atom is -0.507 e. The van der Waals surface area contributed by atoms with Crippen LogP contribution in [0.25, 0.3) is 0 Å². The first-order valence-electron chi connectivity index (χ1n) is 9.20. The van der Waals surface area contributed by atoms with Gasteiger partial charge < -0.3 is 10.0 Å². The molecule has 1 aliphatic heterocycles. The monoisotopic (exact) mass is 365 g/mol. The van der Waals surface area contributed by atoms with E-state index in [9.17, 15) is 9.90 Å². The molecule has 27 heavy (non-hydrogen) atoms. The number of phenolic OH excluding ortho intramolecular Hbond substituents is 1. The van der Waals surface area contributed by atoms with E-state index < -0.39 is 5.91 Å². The summed E-state index contributed by atoms with van der Waals surface area (Å²) in [6.07, 6.45) is 2.75. The molecule has 0 aromatic heterocycles. The van der Waals surface area contributed by atoms with Gasteiger partial charge in [-0.1, -0.05) is 19.1 Å². The number of hydrazone groups is 1. The van der Waals surface area contributed by atoms with Gasteiger partial charge in [-0.15, -0.1) is 0 Å². The molecule has 0 saturated carbocycles. The fourth-order valence-electron chi connectivity index (χ4n) is 3.76. The van der Waals surface area contributed by atoms with Gasteiger partial charge in [-0.3, -0.25) is 4.79 Å². The number of carbonyl (C=O) groups is 1. The molecule has 0 fully saturated rings. The Balaban J connectivity index is 1.82. The highest BCUT2D eigenvalue weighted by atomic mass is 16.3. The summed E-state index contributed by atoms with van der Waals surface area (Å²) in [7, 11) is 2.14. The van der Waals surface area contributed by atoms with Crippen molar-refractivity contribution >= 4 is 17.8 Å². The second-order valence-corrected chi connectivity index (χ2v) is 7.96. The third-order valence-electron chi connectivity index (χ3n) is 5.54. The van der Waals surface area contributed by atoms with E-state index in [2.05, 4.69) is 55.4 Å². The molecular formula is C22H27N3O2. The van der Waals surface area contributed by atoms with Crippen LogP contribution in [0.1, 0.15) is 60.2 Å². The number of fused-ring (bicyclic) bond motifs is 1. The number of hydrogen-bond donors (Lipinski definition) is 2. The smallest absolute Gasteiger partial charge is 0.275 e. The van der Waals surface area contributed by atoms with Crippen molar-refractivity contribution in [1.82, 2.24) is 5.43 Å². The fourth-order valence-corrected chi connectivity index (χ4v) is 3.76. The van der Waals surface area contributed by atoms with Gasteiger partial charge in [0.1, 0.15) is 5.75 Å². The van der Waals surface area contributed by atoms with Crippen molar-refractivity contribution in [3.05, 3.63) is 58.7 Å². The molecule has 2 N–H and O–H groups in total. The molecule has 0 saturated heterocycles. The number of phenols is 1. The van der Waals surface area contributed by atoms with Crippen molar-refractivity contribution in [1.29, 1.82) is 0 Å². The van der Waals surface area contributed by atoms with E-state index >= 15 is 0 Å². The van der Waals surface area contributed by atoms with E-state index in [4.69, 9.17) is 0 Å². The van der Waals surface area contributed by atoms with Crippen molar-refractivity contribution in [2.75, 3.05) is 11.9 Å². The van der Waals surface area contributed by atoms with Crippen LogP contribution < -0.4 is 10.3 Å². The lowest BCUT2D eigenvalue weighted by Gasteiger charge is -2.45. The van der Waals surface area contributed by atoms with Gasteiger partial charge in [-0.05, 0) is 74.1 Å². The van der Waals surface area contributed by atoms with E-state index in [1.54, 1.807) is 24.4 Å². The average Bonchev–Trinajstić information content (AvgIpc) is 2.60. The summed E-state index contributed by atoms with van der Waals surface area (Å²) < 4.78 is 0. The molecule has 1 heterocycles. The number of para-hydroxylation sites is 1. The quantitative estimate of drug-likeness (QED) is 0.633. The Kier molecular flexibility index (Phi) is 4.96. The summed E-state index contributed by atoms with van der Waals surface area (Å²) in [6, 6.07) is 10.8. The Morgan fingerprint density at radius 2 is 2.04 bits per heavy atom. The maximum atomic E-state index is 12.1. The lowest BCUT2D eigenvalue weighted by atomic mass is 9.79. The van der Waals surface area contributed by atoms with Crippen LogP contribution in [0.5, 0.6) is 5.75 Å². The third-order valence-corrected chi connectivity index (χ3v) is 5.54. The number of aryl methyl sites for hydroxylation is 1. The zero-order chi connectivity index (χ0) is 19.8. The zero-order valence-corrected chi connectivity index (χ0v) is 16.6. The summed E-state index contributed by atoms with van der Waals surface area (Å²) in [5.74, 6) is -0.0424. The van der Waals surface area contributed by atoms with E-state index in [1.807, 2.05) is 6.92 Å². The lowest BCUT2D eigenvalue weighted by molar-refractivity contribution is 0.0952. The molecule has 3 rings (SSSR count). The molecule has 0 radical (unpaired) electrons. The van der Waals surface area contributed by atoms with Gasteiger partial charge in [0.15, 0.2) is 0 Å². The highest BCUT2D eigenvalue weighted by molar-refractivity contribution is 5.97. The number of hydrogen-bond acceptors (Lipinski definition) is 4. The number of rotatable bonds is 3. The first-order chi connectivity index (χ1) is 12.7. The van der Waals surface area contributed by atoms with Crippen molar-refractivity contribution in [2.24, 2.45) is 5.10 Å². The van der Waals surface area contributed by atoms with Gasteiger partial charge in [-0.25, -0.2) is 5.43 Å². The Morgan fingerprint density at radius 3 is 2.74 bits per heavy atom. The van der Waals surface area contributed by atoms with Gasteiger partial charge in [0.2, 0.25) is 0 Å². The molecule has 2 aromatic carbocycles. The molecule has 1 aliphatic rings. The van der Waals surface area contributed by atoms with Gasteiger partial charge in [-0.2, -0.15) is 5.10 Å². The van der Waals surface area contributed by atoms with E-state index in [1.165, 1.54) is 17.3 Å². The standard InChI is InChI=1S/C22H27N3O2/c1-14-10-19-18(15(2)12-22(3,4)25(19)5)11-16(14)13-23-24-21(27)17-8-6-7-9-20(17)26/h6-11,13,15,26H,12H2,1-5H3,(H,24,27)/b23-13-. The van der Waals surface area contributed by atoms with E-state index in [0.29, 0.717) is 5.92 Å². The van der Waals surface area contributed by atoms with Crippen LogP contribution in [0.3, 0.4) is 0 Å². The van der Waals surface area contributed by atoms with E-state index in [-0.39, 0.29) is 16.9 Å². The number of benzene rings is 2. The second kappa shape index (κ2) is 7.06. The summed E-state index contributed by atoms with van der Waals surface area (Å²) in [6.45, 7) is 8.84. The molecular weight excluding hydrogens is 338 g/mol. The van der Waals surface area contributed by atoms with Gasteiger partial charge in [0.25, 0.3) is 5.91 Å². The normalized spacial score (nSPS) is 18.4. The number of carbonyl (C=O) groups excluding carboxylic acids is 1. The first kappa shape index (κ1) is 19.0. The minimum atomic E-state index is -0.435. The van der Waals surface area contributed by atoms with Gasteiger partial charge >= 0.3 is 0 Å². The molecule has 2 aromatic rings. The first-order valence-corrected chi connectivity index (χ1v) is 9.20. The van der Waals surface area contributed by atoms with Crippen molar-refractivity contribution < 1.29 is 9.90 Å². The van der Waals surface area contributed by atoms with E-state index in [0.717, 1.165) is 17.5 Å². The third kappa shape index (κ3) is 3.68. The summed E-state index contributed by atoms with van der Waals surface area (Å²) in [4.78, 5) is 14.5. The highest BCUT2D eigenvalue weighted by Gasteiger charge is 2.34. The molecule has 142 valence electrons. The molecule has 5 heteroatoms. The molecule has 0 spiro atoms. The maximum absolute atomic E-state index is 12.1. The number of aromatic hydroxyl groups is 1. The van der Waals surface area contributed by atoms with Crippen LogP contribution in [0, 0.1) is 6.92 Å². The Bertz CT molecular complexity index is 902. The number of anilines is 1. The molecule has 0 bridgehead atoms. The topological polar surface area (TPSA) is 64.9 Å². The SMILES string of the molecule is Cc1cc2c(cc1/C=N\NC(=O)c1ccccc1O)C(C)CC(C)(C)N2C. The van der Waals surface area contributed by atoms with Crippen LogP contribution in [-0.2, 0) is 0 Å². The summed E-state index contributed by atoms with van der Waals surface area (Å²) in [5, 5.41) is 13.8. The molecule has 1 unspecified atom stereocenters. The van der Waals surface area contributed by atoms with Crippen LogP contribution >= 0.6 is 0 Å². The van der Waals surface area contributed by atoms with Crippen LogP contribution in [-0.4, -0.2) is 29.8 Å². The predicted octanol–water partition coefficient (Wildman–Crippen LogP) is 4.19. The molecule has 1 atom stereocenters. The van der Waals surface area contributed by atoms with Crippen LogP contribution in [0.15, 0.2) is 41.5 Å². The fraction of sp³-hybridized carbons (Fsp3) is 0.364. The average molecular weight is 365 g/mol. The summed E-state index contributed by atoms with van der Waals surface area (Å²) in [5.41, 5.74) is 7.46. The van der Waals surface area contributed by atoms with Gasteiger partial charge in [0, 0.05) is 18.3 Å². The Labute approximate surface area is 160 Å². The minimum absolute atomic E-state index is 0.0605. The Hall–Kier alpha value is -2.82. The van der Waals surface area contributed by atoms with Crippen LogP contribution in [0.2, 0.25) is 0 Å². The predicted molar refractivity (Wildman–Crippen MR) is 110 cm³/mol. The largest absolute Gasteiger partial charge is 0.507 e. The number of nitrogens with one attached hydrogen (secondary N) is 1. The molecule has 5 nitrogen and oxygen atoms in total. The maximum Gasteiger partial charge on any atom is 0.275 e. The highest BCUT2D eigenvalue weighted by Crippen LogP contribution is 2.43. The Morgan fingerprint density at radius 1 is 1.33 bits per heavy atom. The van der Waals surface area contributed by atoms with Crippen molar-refractivity contribution in [3.8, 4) is 5.75 Å². The van der Waals surface area contributed by atoms with Crippen molar-refractivity contribution in [3.63, 3.8) is 0 Å². The second-order valence-electron chi connectivity index (χ2n) is 7.96. The zero-order valence-electron chi connectivity index (χ0n) is 16.6. The van der Waals surface area contributed by atoms with Crippen LogP contribution in [0.4, 0.5) is 5.69 Å². The lowest BCUT2D eigenvalue weighted by Crippen LogP contribution is -2.45. The van der Waals surface area contributed by atoms with Gasteiger partial charge in [0.05, 0.1) is 11.8 Å². The molecule has 1 amide bonds. The number of amides is 1.